The molecular formula is C17H29NO3. The van der Waals surface area contributed by atoms with Crippen LogP contribution in [-0.2, 0) is 9.59 Å². The molecule has 0 heterocycles. The van der Waals surface area contributed by atoms with Gasteiger partial charge in [0.15, 0.2) is 0 Å². The number of carboxylic acids is 1. The van der Waals surface area contributed by atoms with Gasteiger partial charge in [0.25, 0.3) is 0 Å². The second-order valence-corrected chi connectivity index (χ2v) is 7.85. The summed E-state index contributed by atoms with van der Waals surface area (Å²) < 4.78 is 0. The molecule has 0 aromatic rings. The Bertz CT molecular complexity index is 399. The summed E-state index contributed by atoms with van der Waals surface area (Å²) in [6.07, 6.45) is 6.78. The van der Waals surface area contributed by atoms with Gasteiger partial charge in [-0.15, -0.1) is 0 Å². The summed E-state index contributed by atoms with van der Waals surface area (Å²) in [4.78, 5) is 23.8. The topological polar surface area (TPSA) is 66.4 Å². The molecule has 0 radical (unpaired) electrons. The van der Waals surface area contributed by atoms with E-state index in [9.17, 15) is 14.7 Å². The van der Waals surface area contributed by atoms with E-state index in [-0.39, 0.29) is 23.3 Å². The molecular weight excluding hydrogens is 266 g/mol. The molecule has 0 saturated heterocycles. The molecule has 2 unspecified atom stereocenters. The third-order valence-corrected chi connectivity index (χ3v) is 5.38. The first kappa shape index (κ1) is 16.3. The van der Waals surface area contributed by atoms with Crippen molar-refractivity contribution in [2.45, 2.75) is 71.8 Å². The molecule has 4 nitrogen and oxygen atoms in total. The number of amides is 1. The monoisotopic (exact) mass is 295 g/mol. The van der Waals surface area contributed by atoms with Crippen LogP contribution in [0.2, 0.25) is 0 Å². The highest BCUT2D eigenvalue weighted by Gasteiger charge is 2.40. The maximum absolute atomic E-state index is 12.5. The minimum Gasteiger partial charge on any atom is -0.481 e. The van der Waals surface area contributed by atoms with E-state index in [0.29, 0.717) is 12.3 Å². The standard InChI is InChI=1S/C17H29NO3/c1-17(2,3)13-9-4-5-10-14(13)18-15(19)11-7-6-8-12(11)16(20)21/h11-14H,4-10H2,1-3H3,(H,18,19)(H,20,21)/t11-,12+,13?,14?/m1/s1. The molecule has 0 aromatic carbocycles. The third kappa shape index (κ3) is 3.78. The fourth-order valence-corrected chi connectivity index (χ4v) is 4.20. The van der Waals surface area contributed by atoms with Crippen molar-refractivity contribution in [2.24, 2.45) is 23.2 Å². The molecule has 21 heavy (non-hydrogen) atoms. The van der Waals surface area contributed by atoms with E-state index in [0.717, 1.165) is 32.1 Å². The normalized spacial score (nSPS) is 33.7. The van der Waals surface area contributed by atoms with Crippen LogP contribution < -0.4 is 5.32 Å². The van der Waals surface area contributed by atoms with E-state index in [1.165, 1.54) is 6.42 Å². The van der Waals surface area contributed by atoms with Crippen LogP contribution in [0.5, 0.6) is 0 Å². The van der Waals surface area contributed by atoms with E-state index in [2.05, 4.69) is 26.1 Å². The van der Waals surface area contributed by atoms with Gasteiger partial charge in [0.05, 0.1) is 11.8 Å². The summed E-state index contributed by atoms with van der Waals surface area (Å²) in [6.45, 7) is 6.70. The number of hydrogen-bond acceptors (Lipinski definition) is 2. The Hall–Kier alpha value is -1.06. The zero-order valence-electron chi connectivity index (χ0n) is 13.5. The van der Waals surface area contributed by atoms with Gasteiger partial charge in [0.2, 0.25) is 5.91 Å². The quantitative estimate of drug-likeness (QED) is 0.840. The number of rotatable bonds is 3. The number of aliphatic carboxylic acids is 1. The van der Waals surface area contributed by atoms with E-state index in [1.807, 2.05) is 0 Å². The predicted octanol–water partition coefficient (Wildman–Crippen LogP) is 3.21. The van der Waals surface area contributed by atoms with E-state index < -0.39 is 11.9 Å². The maximum atomic E-state index is 12.5. The van der Waals surface area contributed by atoms with Gasteiger partial charge in [-0.1, -0.05) is 40.0 Å². The van der Waals surface area contributed by atoms with Gasteiger partial charge < -0.3 is 10.4 Å². The summed E-state index contributed by atoms with van der Waals surface area (Å²) >= 11 is 0. The van der Waals surface area contributed by atoms with Crippen LogP contribution in [0.15, 0.2) is 0 Å². The lowest BCUT2D eigenvalue weighted by molar-refractivity contribution is -0.146. The number of carbonyl (C=O) groups is 2. The third-order valence-electron chi connectivity index (χ3n) is 5.38. The smallest absolute Gasteiger partial charge is 0.307 e. The van der Waals surface area contributed by atoms with Crippen LogP contribution >= 0.6 is 0 Å². The van der Waals surface area contributed by atoms with Gasteiger partial charge in [-0.25, -0.2) is 0 Å². The van der Waals surface area contributed by atoms with E-state index in [4.69, 9.17) is 0 Å². The van der Waals surface area contributed by atoms with Gasteiger partial charge in [0, 0.05) is 6.04 Å². The lowest BCUT2D eigenvalue weighted by Crippen LogP contribution is -2.49. The Morgan fingerprint density at radius 3 is 2.19 bits per heavy atom. The number of carboxylic acid groups (broad SMARTS) is 1. The number of carbonyl (C=O) groups excluding carboxylic acids is 1. The molecule has 0 spiro atoms. The molecule has 2 aliphatic rings. The van der Waals surface area contributed by atoms with Crippen molar-refractivity contribution < 1.29 is 14.7 Å². The van der Waals surface area contributed by atoms with E-state index >= 15 is 0 Å². The molecule has 2 rings (SSSR count). The SMILES string of the molecule is CC(C)(C)C1CCCCC1NC(=O)[C@@H]1CCC[C@@H]1C(=O)O. The Kier molecular flexibility index (Phi) is 4.95. The maximum Gasteiger partial charge on any atom is 0.307 e. The summed E-state index contributed by atoms with van der Waals surface area (Å²) in [7, 11) is 0. The minimum absolute atomic E-state index is 0.0268. The number of nitrogens with one attached hydrogen (secondary N) is 1. The van der Waals surface area contributed by atoms with Crippen LogP contribution in [0.4, 0.5) is 0 Å². The highest BCUT2D eigenvalue weighted by Crippen LogP contribution is 2.39. The Morgan fingerprint density at radius 1 is 0.952 bits per heavy atom. The molecule has 0 bridgehead atoms. The minimum atomic E-state index is -0.816. The van der Waals surface area contributed by atoms with Crippen LogP contribution in [0, 0.1) is 23.2 Å². The molecule has 2 N–H and O–H groups in total. The van der Waals surface area contributed by atoms with Crippen LogP contribution in [-0.4, -0.2) is 23.0 Å². The molecule has 120 valence electrons. The Labute approximate surface area is 127 Å². The summed E-state index contributed by atoms with van der Waals surface area (Å²) in [5.41, 5.74) is 0.181. The largest absolute Gasteiger partial charge is 0.481 e. The fraction of sp³-hybridized carbons (Fsp3) is 0.882. The van der Waals surface area contributed by atoms with Crippen molar-refractivity contribution in [3.8, 4) is 0 Å². The highest BCUT2D eigenvalue weighted by molar-refractivity contribution is 5.85. The highest BCUT2D eigenvalue weighted by atomic mass is 16.4. The van der Waals surface area contributed by atoms with Crippen LogP contribution in [0.1, 0.15) is 65.7 Å². The summed E-state index contributed by atoms with van der Waals surface area (Å²) in [5.74, 6) is -1.17. The molecule has 0 aromatic heterocycles. The second-order valence-electron chi connectivity index (χ2n) is 7.85. The zero-order chi connectivity index (χ0) is 15.6. The van der Waals surface area contributed by atoms with Crippen molar-refractivity contribution in [3.63, 3.8) is 0 Å². The molecule has 4 heteroatoms. The lowest BCUT2D eigenvalue weighted by Gasteiger charge is -2.41. The first-order chi connectivity index (χ1) is 9.80. The van der Waals surface area contributed by atoms with Gasteiger partial charge in [0.1, 0.15) is 0 Å². The summed E-state index contributed by atoms with van der Waals surface area (Å²) in [5, 5.41) is 12.4. The average molecular weight is 295 g/mol. The van der Waals surface area contributed by atoms with Crippen molar-refractivity contribution in [1.29, 1.82) is 0 Å². The van der Waals surface area contributed by atoms with Crippen molar-refractivity contribution in [1.82, 2.24) is 5.32 Å². The zero-order valence-corrected chi connectivity index (χ0v) is 13.5. The van der Waals surface area contributed by atoms with Gasteiger partial charge >= 0.3 is 5.97 Å². The second kappa shape index (κ2) is 6.37. The Morgan fingerprint density at radius 2 is 1.57 bits per heavy atom. The van der Waals surface area contributed by atoms with Crippen molar-refractivity contribution in [2.75, 3.05) is 0 Å². The lowest BCUT2D eigenvalue weighted by atomic mass is 9.69. The molecule has 1 amide bonds. The van der Waals surface area contributed by atoms with Gasteiger partial charge in [-0.05, 0) is 37.0 Å². The molecule has 0 aliphatic heterocycles. The molecule has 2 fully saturated rings. The summed E-state index contributed by atoms with van der Waals surface area (Å²) in [6, 6.07) is 0.210. The van der Waals surface area contributed by atoms with Crippen molar-refractivity contribution >= 4 is 11.9 Å². The first-order valence-corrected chi connectivity index (χ1v) is 8.34. The fourth-order valence-electron chi connectivity index (χ4n) is 4.20. The molecule has 2 aliphatic carbocycles. The van der Waals surface area contributed by atoms with E-state index in [1.54, 1.807) is 0 Å². The Balaban J connectivity index is 2.02. The van der Waals surface area contributed by atoms with Crippen LogP contribution in [0.25, 0.3) is 0 Å². The molecule has 4 atom stereocenters. The van der Waals surface area contributed by atoms with Gasteiger partial charge in [-0.3, -0.25) is 9.59 Å². The van der Waals surface area contributed by atoms with Gasteiger partial charge in [-0.2, -0.15) is 0 Å². The number of hydrogen-bond donors (Lipinski definition) is 2. The molecule has 2 saturated carbocycles. The first-order valence-electron chi connectivity index (χ1n) is 8.34. The van der Waals surface area contributed by atoms with Crippen LogP contribution in [0.3, 0.4) is 0 Å². The average Bonchev–Trinajstić information content (AvgIpc) is 2.87. The predicted molar refractivity (Wildman–Crippen MR) is 81.8 cm³/mol. The van der Waals surface area contributed by atoms with Crippen molar-refractivity contribution in [3.05, 3.63) is 0 Å².